The molecule has 0 spiro atoms. The molecule has 1 heterocycles. The van der Waals surface area contributed by atoms with Crippen LogP contribution in [-0.4, -0.2) is 12.6 Å². The van der Waals surface area contributed by atoms with Gasteiger partial charge in [0.1, 0.15) is 5.82 Å². The van der Waals surface area contributed by atoms with Gasteiger partial charge in [-0.2, -0.15) is 0 Å². The monoisotopic (exact) mass is 285 g/mol. The number of rotatable bonds is 1. The van der Waals surface area contributed by atoms with Crippen molar-refractivity contribution in [1.82, 2.24) is 0 Å². The van der Waals surface area contributed by atoms with E-state index in [0.29, 0.717) is 17.9 Å². The van der Waals surface area contributed by atoms with E-state index < -0.39 is 0 Å². The second kappa shape index (κ2) is 5.09. The number of amides is 2. The van der Waals surface area contributed by atoms with Gasteiger partial charge in [-0.15, -0.1) is 0 Å². The first-order valence-electron chi connectivity index (χ1n) is 6.77. The SMILES string of the molecule is Cc1cc2c(cc1N)N(C(=O)Nc1cccc(F)c1)CC2. The van der Waals surface area contributed by atoms with E-state index in [0.717, 1.165) is 23.2 Å². The first-order valence-corrected chi connectivity index (χ1v) is 6.77. The molecule has 3 N–H and O–H groups in total. The van der Waals surface area contributed by atoms with Crippen LogP contribution in [0.2, 0.25) is 0 Å². The highest BCUT2D eigenvalue weighted by molar-refractivity contribution is 6.03. The molecule has 108 valence electrons. The van der Waals surface area contributed by atoms with Gasteiger partial charge in [-0.3, -0.25) is 4.90 Å². The number of carbonyl (C=O) groups is 1. The van der Waals surface area contributed by atoms with Crippen molar-refractivity contribution in [1.29, 1.82) is 0 Å². The lowest BCUT2D eigenvalue weighted by Gasteiger charge is -2.19. The molecule has 0 saturated heterocycles. The van der Waals surface area contributed by atoms with Crippen LogP contribution in [-0.2, 0) is 6.42 Å². The number of fused-ring (bicyclic) bond motifs is 1. The van der Waals surface area contributed by atoms with Crippen molar-refractivity contribution in [2.75, 3.05) is 22.5 Å². The smallest absolute Gasteiger partial charge is 0.326 e. The first-order chi connectivity index (χ1) is 10.0. The van der Waals surface area contributed by atoms with E-state index in [-0.39, 0.29) is 11.8 Å². The van der Waals surface area contributed by atoms with Crippen molar-refractivity contribution >= 4 is 23.1 Å². The fourth-order valence-electron chi connectivity index (χ4n) is 2.54. The van der Waals surface area contributed by atoms with Crippen molar-refractivity contribution in [3.8, 4) is 0 Å². The largest absolute Gasteiger partial charge is 0.398 e. The highest BCUT2D eigenvalue weighted by atomic mass is 19.1. The third kappa shape index (κ3) is 2.54. The van der Waals surface area contributed by atoms with Gasteiger partial charge in [0.15, 0.2) is 0 Å². The van der Waals surface area contributed by atoms with Crippen LogP contribution in [0, 0.1) is 12.7 Å². The zero-order valence-electron chi connectivity index (χ0n) is 11.7. The third-order valence-electron chi connectivity index (χ3n) is 3.68. The predicted molar refractivity (Wildman–Crippen MR) is 82.1 cm³/mol. The molecule has 0 aromatic heterocycles. The minimum atomic E-state index is -0.380. The zero-order chi connectivity index (χ0) is 15.0. The Hall–Kier alpha value is -2.56. The predicted octanol–water partition coefficient (Wildman–Crippen LogP) is 3.31. The van der Waals surface area contributed by atoms with Crippen molar-refractivity contribution in [3.63, 3.8) is 0 Å². The lowest BCUT2D eigenvalue weighted by molar-refractivity contribution is 0.257. The molecule has 0 saturated carbocycles. The highest BCUT2D eigenvalue weighted by Gasteiger charge is 2.25. The maximum absolute atomic E-state index is 13.1. The number of hydrogen-bond donors (Lipinski definition) is 2. The lowest BCUT2D eigenvalue weighted by Crippen LogP contribution is -2.33. The number of aryl methyl sites for hydroxylation is 1. The Morgan fingerprint density at radius 2 is 2.14 bits per heavy atom. The summed E-state index contributed by atoms with van der Waals surface area (Å²) in [5.74, 6) is -0.380. The maximum Gasteiger partial charge on any atom is 0.326 e. The number of anilines is 3. The van der Waals surface area contributed by atoms with Crippen LogP contribution >= 0.6 is 0 Å². The number of urea groups is 1. The van der Waals surface area contributed by atoms with E-state index in [2.05, 4.69) is 5.32 Å². The molecule has 1 aliphatic heterocycles. The second-order valence-corrected chi connectivity index (χ2v) is 5.18. The highest BCUT2D eigenvalue weighted by Crippen LogP contribution is 2.32. The molecule has 0 bridgehead atoms. The standard InChI is InChI=1S/C16H16FN3O/c1-10-7-11-5-6-20(15(11)9-14(10)18)16(21)19-13-4-2-3-12(17)8-13/h2-4,7-9H,5-6,18H2,1H3,(H,19,21). The summed E-state index contributed by atoms with van der Waals surface area (Å²) in [6.07, 6.45) is 0.799. The molecule has 0 aliphatic carbocycles. The van der Waals surface area contributed by atoms with Gasteiger partial charge >= 0.3 is 6.03 Å². The Labute approximate surface area is 122 Å². The number of nitrogen functional groups attached to an aromatic ring is 1. The molecule has 0 fully saturated rings. The number of nitrogens with one attached hydrogen (secondary N) is 1. The molecule has 0 unspecified atom stereocenters. The molecule has 2 amide bonds. The van der Waals surface area contributed by atoms with Gasteiger partial charge in [-0.25, -0.2) is 9.18 Å². The van der Waals surface area contributed by atoms with Gasteiger partial charge in [-0.1, -0.05) is 12.1 Å². The number of halogens is 1. The van der Waals surface area contributed by atoms with Gasteiger partial charge < -0.3 is 11.1 Å². The summed E-state index contributed by atoms with van der Waals surface area (Å²) < 4.78 is 13.1. The minimum absolute atomic E-state index is 0.275. The molecule has 2 aromatic carbocycles. The molecule has 3 rings (SSSR count). The van der Waals surface area contributed by atoms with E-state index in [1.165, 1.54) is 12.1 Å². The van der Waals surface area contributed by atoms with E-state index in [1.54, 1.807) is 17.0 Å². The van der Waals surface area contributed by atoms with Gasteiger partial charge in [0, 0.05) is 17.9 Å². The topological polar surface area (TPSA) is 58.4 Å². The minimum Gasteiger partial charge on any atom is -0.398 e. The summed E-state index contributed by atoms with van der Waals surface area (Å²) in [5.41, 5.74) is 9.97. The van der Waals surface area contributed by atoms with Crippen LogP contribution in [0.4, 0.5) is 26.2 Å². The molecular formula is C16H16FN3O. The molecule has 21 heavy (non-hydrogen) atoms. The van der Waals surface area contributed by atoms with Gasteiger partial charge in [0.2, 0.25) is 0 Å². The Kier molecular flexibility index (Phi) is 3.25. The Balaban J connectivity index is 1.84. The fourth-order valence-corrected chi connectivity index (χ4v) is 2.54. The van der Waals surface area contributed by atoms with E-state index in [4.69, 9.17) is 5.73 Å². The quantitative estimate of drug-likeness (QED) is 0.790. The Morgan fingerprint density at radius 3 is 2.90 bits per heavy atom. The summed E-state index contributed by atoms with van der Waals surface area (Å²) >= 11 is 0. The van der Waals surface area contributed by atoms with Crippen LogP contribution < -0.4 is 16.0 Å². The van der Waals surface area contributed by atoms with Crippen molar-refractivity contribution in [2.45, 2.75) is 13.3 Å². The van der Waals surface area contributed by atoms with E-state index >= 15 is 0 Å². The van der Waals surface area contributed by atoms with Crippen LogP contribution in [0.5, 0.6) is 0 Å². The Bertz CT molecular complexity index is 715. The number of nitrogens with two attached hydrogens (primary N) is 1. The van der Waals surface area contributed by atoms with Gasteiger partial charge in [0.25, 0.3) is 0 Å². The zero-order valence-corrected chi connectivity index (χ0v) is 11.7. The van der Waals surface area contributed by atoms with Crippen LogP contribution in [0.3, 0.4) is 0 Å². The second-order valence-electron chi connectivity index (χ2n) is 5.18. The molecular weight excluding hydrogens is 269 g/mol. The third-order valence-corrected chi connectivity index (χ3v) is 3.68. The summed E-state index contributed by atoms with van der Waals surface area (Å²) in [5, 5.41) is 2.71. The molecule has 1 aliphatic rings. The van der Waals surface area contributed by atoms with Crippen LogP contribution in [0.15, 0.2) is 36.4 Å². The van der Waals surface area contributed by atoms with E-state index in [1.807, 2.05) is 19.1 Å². The van der Waals surface area contributed by atoms with Crippen LogP contribution in [0.25, 0.3) is 0 Å². The molecule has 2 aromatic rings. The van der Waals surface area contributed by atoms with Gasteiger partial charge in [-0.05, 0) is 48.7 Å². The van der Waals surface area contributed by atoms with Crippen LogP contribution in [0.1, 0.15) is 11.1 Å². The average molecular weight is 285 g/mol. The summed E-state index contributed by atoms with van der Waals surface area (Å²) in [7, 11) is 0. The number of hydrogen-bond acceptors (Lipinski definition) is 2. The number of nitrogens with zero attached hydrogens (tertiary/aromatic N) is 1. The first kappa shape index (κ1) is 13.4. The van der Waals surface area contributed by atoms with Crippen molar-refractivity contribution < 1.29 is 9.18 Å². The fraction of sp³-hybridized carbons (Fsp3) is 0.188. The normalized spacial score (nSPS) is 13.1. The Morgan fingerprint density at radius 1 is 1.33 bits per heavy atom. The van der Waals surface area contributed by atoms with Crippen molar-refractivity contribution in [3.05, 3.63) is 53.3 Å². The summed E-state index contributed by atoms with van der Waals surface area (Å²) in [6.45, 7) is 2.55. The molecule has 0 radical (unpaired) electrons. The average Bonchev–Trinajstić information content (AvgIpc) is 2.82. The number of benzene rings is 2. The maximum atomic E-state index is 13.1. The van der Waals surface area contributed by atoms with E-state index in [9.17, 15) is 9.18 Å². The molecule has 0 atom stereocenters. The summed E-state index contributed by atoms with van der Waals surface area (Å²) in [4.78, 5) is 14.0. The number of carbonyl (C=O) groups excluding carboxylic acids is 1. The summed E-state index contributed by atoms with van der Waals surface area (Å²) in [6, 6.07) is 9.40. The molecule has 4 nitrogen and oxygen atoms in total. The lowest BCUT2D eigenvalue weighted by atomic mass is 10.1. The van der Waals surface area contributed by atoms with Gasteiger partial charge in [0.05, 0.1) is 5.69 Å². The van der Waals surface area contributed by atoms with Crippen molar-refractivity contribution in [2.24, 2.45) is 0 Å². The molecule has 5 heteroatoms.